The van der Waals surface area contributed by atoms with E-state index in [4.69, 9.17) is 0 Å². The maximum absolute atomic E-state index is 14.0. The molecule has 124 valence electrons. The highest BCUT2D eigenvalue weighted by Gasteiger charge is 2.39. The predicted octanol–water partition coefficient (Wildman–Crippen LogP) is 5.82. The lowest BCUT2D eigenvalue weighted by Gasteiger charge is -2.16. The van der Waals surface area contributed by atoms with Crippen LogP contribution in [0.1, 0.15) is 16.7 Å². The topological polar surface area (TPSA) is 12.9 Å². The molecule has 0 atom stereocenters. The van der Waals surface area contributed by atoms with Crippen LogP contribution in [0.3, 0.4) is 0 Å². The first-order valence-electron chi connectivity index (χ1n) is 6.03. The summed E-state index contributed by atoms with van der Waals surface area (Å²) >= 11 is 3.04. The second-order valence-electron chi connectivity index (χ2n) is 4.56. The van der Waals surface area contributed by atoms with Crippen LogP contribution in [-0.2, 0) is 17.7 Å². The van der Waals surface area contributed by atoms with Crippen LogP contribution in [0.25, 0.3) is 11.3 Å². The molecule has 1 nitrogen and oxygen atoms in total. The van der Waals surface area contributed by atoms with E-state index in [2.05, 4.69) is 20.9 Å². The van der Waals surface area contributed by atoms with Crippen LogP contribution >= 0.6 is 15.9 Å². The number of pyridine rings is 1. The number of hydrogen-bond acceptors (Lipinski definition) is 1. The van der Waals surface area contributed by atoms with E-state index < -0.39 is 40.6 Å². The van der Waals surface area contributed by atoms with Crippen LogP contribution < -0.4 is 0 Å². The number of nitrogens with zero attached hydrogens (tertiary/aromatic N) is 1. The van der Waals surface area contributed by atoms with Crippen LogP contribution in [0.15, 0.2) is 30.5 Å². The lowest BCUT2D eigenvalue weighted by molar-refractivity contribution is -0.142. The van der Waals surface area contributed by atoms with E-state index >= 15 is 0 Å². The minimum Gasteiger partial charge on any atom is -0.253 e. The molecule has 2 rings (SSSR count). The minimum atomic E-state index is -5.08. The van der Waals surface area contributed by atoms with Gasteiger partial charge in [-0.15, -0.1) is 0 Å². The van der Waals surface area contributed by atoms with Gasteiger partial charge in [-0.05, 0) is 23.8 Å². The molecule has 0 aliphatic rings. The third kappa shape index (κ3) is 3.82. The lowest BCUT2D eigenvalue weighted by atomic mass is 9.99. The third-order valence-electron chi connectivity index (χ3n) is 2.96. The van der Waals surface area contributed by atoms with Gasteiger partial charge in [-0.1, -0.05) is 22.0 Å². The lowest BCUT2D eigenvalue weighted by Crippen LogP contribution is -2.12. The van der Waals surface area contributed by atoms with Crippen molar-refractivity contribution in [3.8, 4) is 11.3 Å². The standard InChI is InChI=1S/C14H7BrF7N/c15-5-7-3-11(16)12(23-6-7)9-2-1-8(13(17,18)19)4-10(9)14(20,21)22/h1-4,6H,5H2. The monoisotopic (exact) mass is 401 g/mol. The summed E-state index contributed by atoms with van der Waals surface area (Å²) < 4.78 is 90.9. The van der Waals surface area contributed by atoms with Crippen LogP contribution in [0.5, 0.6) is 0 Å². The van der Waals surface area contributed by atoms with Crippen LogP contribution in [0.4, 0.5) is 30.7 Å². The van der Waals surface area contributed by atoms with Crippen molar-refractivity contribution in [1.29, 1.82) is 0 Å². The first-order valence-corrected chi connectivity index (χ1v) is 7.15. The van der Waals surface area contributed by atoms with Crippen molar-refractivity contribution in [1.82, 2.24) is 4.98 Å². The van der Waals surface area contributed by atoms with Gasteiger partial charge in [0.25, 0.3) is 0 Å². The summed E-state index contributed by atoms with van der Waals surface area (Å²) in [6.45, 7) is 0. The zero-order valence-electron chi connectivity index (χ0n) is 11.1. The Kier molecular flexibility index (Phi) is 4.70. The predicted molar refractivity (Wildman–Crippen MR) is 72.3 cm³/mol. The molecule has 0 radical (unpaired) electrons. The molecule has 0 aliphatic carbocycles. The number of rotatable bonds is 2. The van der Waals surface area contributed by atoms with E-state index in [1.165, 1.54) is 0 Å². The van der Waals surface area contributed by atoms with E-state index in [9.17, 15) is 30.7 Å². The second kappa shape index (κ2) is 6.10. The summed E-state index contributed by atoms with van der Waals surface area (Å²) in [6, 6.07) is 1.96. The van der Waals surface area contributed by atoms with Crippen molar-refractivity contribution in [2.45, 2.75) is 17.7 Å². The van der Waals surface area contributed by atoms with E-state index in [-0.39, 0.29) is 11.4 Å². The molecule has 9 heteroatoms. The Morgan fingerprint density at radius 3 is 2.09 bits per heavy atom. The number of aromatic nitrogens is 1. The van der Waals surface area contributed by atoms with Crippen molar-refractivity contribution in [2.75, 3.05) is 0 Å². The van der Waals surface area contributed by atoms with Gasteiger partial charge >= 0.3 is 12.4 Å². The average molecular weight is 402 g/mol. The molecular formula is C14H7BrF7N. The van der Waals surface area contributed by atoms with E-state index in [1.54, 1.807) is 0 Å². The Bertz CT molecular complexity index is 722. The van der Waals surface area contributed by atoms with Gasteiger partial charge in [-0.25, -0.2) is 4.39 Å². The summed E-state index contributed by atoms with van der Waals surface area (Å²) in [5, 5.41) is 0.232. The highest BCUT2D eigenvalue weighted by molar-refractivity contribution is 9.08. The smallest absolute Gasteiger partial charge is 0.253 e. The maximum Gasteiger partial charge on any atom is 0.417 e. The third-order valence-corrected chi connectivity index (χ3v) is 3.61. The molecule has 0 spiro atoms. The molecule has 0 fully saturated rings. The second-order valence-corrected chi connectivity index (χ2v) is 5.12. The molecule has 0 N–H and O–H groups in total. The Morgan fingerprint density at radius 2 is 1.61 bits per heavy atom. The Morgan fingerprint density at radius 1 is 0.957 bits per heavy atom. The van der Waals surface area contributed by atoms with Crippen molar-refractivity contribution in [3.05, 3.63) is 53.0 Å². The van der Waals surface area contributed by atoms with Gasteiger partial charge in [0, 0.05) is 17.1 Å². The zero-order valence-corrected chi connectivity index (χ0v) is 12.7. The highest BCUT2D eigenvalue weighted by Crippen LogP contribution is 2.41. The maximum atomic E-state index is 14.0. The normalized spacial score (nSPS) is 12.5. The number of hydrogen-bond donors (Lipinski definition) is 0. The first kappa shape index (κ1) is 17.7. The SMILES string of the molecule is Fc1cc(CBr)cnc1-c1ccc(C(F)(F)F)cc1C(F)(F)F. The molecule has 0 bridgehead atoms. The summed E-state index contributed by atoms with van der Waals surface area (Å²) in [6.07, 6.45) is -8.88. The van der Waals surface area contributed by atoms with Gasteiger partial charge < -0.3 is 0 Å². The number of halogens is 8. The van der Waals surface area contributed by atoms with Gasteiger partial charge in [0.2, 0.25) is 0 Å². The quantitative estimate of drug-likeness (QED) is 0.456. The molecule has 1 aromatic carbocycles. The van der Waals surface area contributed by atoms with Crippen molar-refractivity contribution in [2.24, 2.45) is 0 Å². The largest absolute Gasteiger partial charge is 0.417 e. The molecule has 0 saturated carbocycles. The number of alkyl halides is 7. The molecule has 0 aliphatic heterocycles. The fourth-order valence-corrected chi connectivity index (χ4v) is 2.22. The Hall–Kier alpha value is -1.64. The minimum absolute atomic E-state index is 0.0468. The Labute approximate surface area is 134 Å². The summed E-state index contributed by atoms with van der Waals surface area (Å²) in [7, 11) is 0. The summed E-state index contributed by atoms with van der Waals surface area (Å²) in [5.41, 5.74) is -4.08. The van der Waals surface area contributed by atoms with Gasteiger partial charge in [0.05, 0.1) is 11.1 Å². The van der Waals surface area contributed by atoms with Crippen LogP contribution in [0.2, 0.25) is 0 Å². The molecule has 0 saturated heterocycles. The van der Waals surface area contributed by atoms with E-state index in [0.29, 0.717) is 17.7 Å². The number of benzene rings is 1. The van der Waals surface area contributed by atoms with Gasteiger partial charge in [0.1, 0.15) is 11.5 Å². The van der Waals surface area contributed by atoms with Gasteiger partial charge in [-0.2, -0.15) is 26.3 Å². The molecule has 1 aromatic heterocycles. The van der Waals surface area contributed by atoms with E-state index in [1.807, 2.05) is 0 Å². The molecule has 23 heavy (non-hydrogen) atoms. The zero-order chi connectivity index (χ0) is 17.4. The van der Waals surface area contributed by atoms with Crippen LogP contribution in [0, 0.1) is 5.82 Å². The molecule has 1 heterocycles. The van der Waals surface area contributed by atoms with Crippen molar-refractivity contribution in [3.63, 3.8) is 0 Å². The fourth-order valence-electron chi connectivity index (χ4n) is 1.91. The molecule has 2 aromatic rings. The van der Waals surface area contributed by atoms with Crippen molar-refractivity contribution >= 4 is 15.9 Å². The highest BCUT2D eigenvalue weighted by atomic mass is 79.9. The fraction of sp³-hybridized carbons (Fsp3) is 0.214. The molecular weight excluding hydrogens is 395 g/mol. The van der Waals surface area contributed by atoms with Crippen LogP contribution in [-0.4, -0.2) is 4.98 Å². The van der Waals surface area contributed by atoms with Gasteiger partial charge in [-0.3, -0.25) is 4.98 Å². The van der Waals surface area contributed by atoms with Crippen molar-refractivity contribution < 1.29 is 30.7 Å². The summed E-state index contributed by atoms with van der Waals surface area (Å²) in [5.74, 6) is -1.05. The molecule has 0 unspecified atom stereocenters. The first-order chi connectivity index (χ1) is 10.5. The molecule has 0 amide bonds. The van der Waals surface area contributed by atoms with E-state index in [0.717, 1.165) is 12.3 Å². The van der Waals surface area contributed by atoms with Gasteiger partial charge in [0.15, 0.2) is 0 Å². The Balaban J connectivity index is 2.67. The summed E-state index contributed by atoms with van der Waals surface area (Å²) in [4.78, 5) is 3.60. The average Bonchev–Trinajstić information content (AvgIpc) is 2.44.